The van der Waals surface area contributed by atoms with Gasteiger partial charge in [0.2, 0.25) is 0 Å². The molecule has 1 aromatic carbocycles. The standard InChI is InChI=1S/C14H17NO/c1-9(2)12-5-4-11(6-14(12)16)13-8-15-7-10(13)3/h4-9,15-16H,1-3H3. The Bertz CT molecular complexity index is 497. The number of hydrogen-bond donors (Lipinski definition) is 2. The van der Waals surface area contributed by atoms with Crippen molar-refractivity contribution < 1.29 is 5.11 Å². The molecule has 1 heterocycles. The number of hydrogen-bond acceptors (Lipinski definition) is 1. The number of nitrogens with one attached hydrogen (secondary N) is 1. The first-order chi connectivity index (χ1) is 7.59. The van der Waals surface area contributed by atoms with Crippen LogP contribution in [0.3, 0.4) is 0 Å². The minimum absolute atomic E-state index is 0.348. The van der Waals surface area contributed by atoms with Gasteiger partial charge in [0, 0.05) is 18.0 Å². The molecule has 2 aromatic rings. The van der Waals surface area contributed by atoms with E-state index in [0.29, 0.717) is 11.7 Å². The first-order valence-electron chi connectivity index (χ1n) is 5.56. The van der Waals surface area contributed by atoms with E-state index in [2.05, 4.69) is 31.8 Å². The molecule has 0 fully saturated rings. The van der Waals surface area contributed by atoms with Crippen LogP contribution in [0.25, 0.3) is 11.1 Å². The van der Waals surface area contributed by atoms with Gasteiger partial charge in [-0.1, -0.05) is 26.0 Å². The van der Waals surface area contributed by atoms with Crippen molar-refractivity contribution in [2.45, 2.75) is 26.7 Å². The fourth-order valence-electron chi connectivity index (χ4n) is 1.95. The zero-order valence-corrected chi connectivity index (χ0v) is 9.91. The van der Waals surface area contributed by atoms with Crippen LogP contribution in [0.5, 0.6) is 5.75 Å². The van der Waals surface area contributed by atoms with Gasteiger partial charge in [-0.2, -0.15) is 0 Å². The summed E-state index contributed by atoms with van der Waals surface area (Å²) >= 11 is 0. The van der Waals surface area contributed by atoms with E-state index in [-0.39, 0.29) is 0 Å². The molecule has 2 N–H and O–H groups in total. The predicted octanol–water partition coefficient (Wildman–Crippen LogP) is 3.82. The third-order valence-corrected chi connectivity index (χ3v) is 2.92. The number of aromatic hydroxyl groups is 1. The SMILES string of the molecule is Cc1c[nH]cc1-c1ccc(C(C)C)c(O)c1. The van der Waals surface area contributed by atoms with Gasteiger partial charge in [0.25, 0.3) is 0 Å². The van der Waals surface area contributed by atoms with Gasteiger partial charge in [0.1, 0.15) is 5.75 Å². The van der Waals surface area contributed by atoms with Gasteiger partial charge in [-0.05, 0) is 35.6 Å². The average molecular weight is 215 g/mol. The highest BCUT2D eigenvalue weighted by Crippen LogP contribution is 2.31. The summed E-state index contributed by atoms with van der Waals surface area (Å²) < 4.78 is 0. The van der Waals surface area contributed by atoms with Crippen LogP contribution in [-0.4, -0.2) is 10.1 Å². The van der Waals surface area contributed by atoms with E-state index in [1.165, 1.54) is 5.56 Å². The number of aromatic amines is 1. The van der Waals surface area contributed by atoms with Crippen molar-refractivity contribution in [3.05, 3.63) is 41.7 Å². The Hall–Kier alpha value is -1.70. The van der Waals surface area contributed by atoms with Crippen LogP contribution in [0.2, 0.25) is 0 Å². The Kier molecular flexibility index (Phi) is 2.73. The zero-order chi connectivity index (χ0) is 11.7. The van der Waals surface area contributed by atoms with E-state index in [0.717, 1.165) is 16.7 Å². The molecule has 0 aliphatic carbocycles. The summed E-state index contributed by atoms with van der Waals surface area (Å²) in [5, 5.41) is 9.94. The lowest BCUT2D eigenvalue weighted by Crippen LogP contribution is -1.88. The van der Waals surface area contributed by atoms with E-state index in [4.69, 9.17) is 0 Å². The fraction of sp³-hybridized carbons (Fsp3) is 0.286. The molecule has 0 atom stereocenters. The minimum Gasteiger partial charge on any atom is -0.508 e. The molecular weight excluding hydrogens is 198 g/mol. The van der Waals surface area contributed by atoms with Crippen molar-refractivity contribution in [3.8, 4) is 16.9 Å². The quantitative estimate of drug-likeness (QED) is 0.785. The highest BCUT2D eigenvalue weighted by Gasteiger charge is 2.09. The van der Waals surface area contributed by atoms with Crippen molar-refractivity contribution in [1.29, 1.82) is 0 Å². The van der Waals surface area contributed by atoms with E-state index < -0.39 is 0 Å². The number of aryl methyl sites for hydroxylation is 1. The molecule has 0 saturated heterocycles. The molecule has 2 rings (SSSR count). The van der Waals surface area contributed by atoms with E-state index >= 15 is 0 Å². The Morgan fingerprint density at radius 1 is 1.19 bits per heavy atom. The van der Waals surface area contributed by atoms with Gasteiger partial charge in [0.15, 0.2) is 0 Å². The second-order valence-corrected chi connectivity index (χ2v) is 4.48. The van der Waals surface area contributed by atoms with Gasteiger partial charge >= 0.3 is 0 Å². The molecule has 2 nitrogen and oxygen atoms in total. The Morgan fingerprint density at radius 2 is 1.94 bits per heavy atom. The van der Waals surface area contributed by atoms with Gasteiger partial charge in [-0.25, -0.2) is 0 Å². The lowest BCUT2D eigenvalue weighted by atomic mass is 9.97. The predicted molar refractivity (Wildman–Crippen MR) is 66.7 cm³/mol. The summed E-state index contributed by atoms with van der Waals surface area (Å²) in [5.41, 5.74) is 4.39. The second kappa shape index (κ2) is 4.05. The molecule has 0 aliphatic heterocycles. The first kappa shape index (κ1) is 10.8. The largest absolute Gasteiger partial charge is 0.508 e. The maximum absolute atomic E-state index is 9.94. The maximum Gasteiger partial charge on any atom is 0.119 e. The number of rotatable bonds is 2. The van der Waals surface area contributed by atoms with E-state index in [9.17, 15) is 5.11 Å². The van der Waals surface area contributed by atoms with Crippen LogP contribution in [0.15, 0.2) is 30.6 Å². The molecule has 0 aliphatic rings. The number of H-pyrrole nitrogens is 1. The van der Waals surface area contributed by atoms with Gasteiger partial charge in [-0.3, -0.25) is 0 Å². The molecule has 0 radical (unpaired) electrons. The van der Waals surface area contributed by atoms with Gasteiger partial charge < -0.3 is 10.1 Å². The molecule has 0 unspecified atom stereocenters. The summed E-state index contributed by atoms with van der Waals surface area (Å²) in [7, 11) is 0. The summed E-state index contributed by atoms with van der Waals surface area (Å²) in [4.78, 5) is 3.07. The molecular formula is C14H17NO. The summed E-state index contributed by atoms with van der Waals surface area (Å²) in [6, 6.07) is 5.90. The monoisotopic (exact) mass is 215 g/mol. The number of phenols is 1. The van der Waals surface area contributed by atoms with Crippen molar-refractivity contribution >= 4 is 0 Å². The number of phenolic OH excluding ortho intramolecular Hbond substituents is 1. The van der Waals surface area contributed by atoms with Crippen molar-refractivity contribution in [2.24, 2.45) is 0 Å². The van der Waals surface area contributed by atoms with Crippen LogP contribution in [0, 0.1) is 6.92 Å². The van der Waals surface area contributed by atoms with Crippen molar-refractivity contribution in [1.82, 2.24) is 4.98 Å². The van der Waals surface area contributed by atoms with Crippen LogP contribution in [0.4, 0.5) is 0 Å². The van der Waals surface area contributed by atoms with Gasteiger partial charge in [0.05, 0.1) is 0 Å². The molecule has 0 saturated carbocycles. The lowest BCUT2D eigenvalue weighted by molar-refractivity contribution is 0.465. The second-order valence-electron chi connectivity index (χ2n) is 4.48. The number of benzene rings is 1. The zero-order valence-electron chi connectivity index (χ0n) is 9.91. The molecule has 0 spiro atoms. The molecule has 0 amide bonds. The third-order valence-electron chi connectivity index (χ3n) is 2.92. The summed E-state index contributed by atoms with van der Waals surface area (Å²) in [6.45, 7) is 6.21. The third kappa shape index (κ3) is 1.83. The highest BCUT2D eigenvalue weighted by molar-refractivity contribution is 5.68. The summed E-state index contributed by atoms with van der Waals surface area (Å²) in [5.74, 6) is 0.731. The van der Waals surface area contributed by atoms with Crippen molar-refractivity contribution in [3.63, 3.8) is 0 Å². The molecule has 2 heteroatoms. The van der Waals surface area contributed by atoms with Gasteiger partial charge in [-0.15, -0.1) is 0 Å². The van der Waals surface area contributed by atoms with Crippen molar-refractivity contribution in [2.75, 3.05) is 0 Å². The molecule has 16 heavy (non-hydrogen) atoms. The topological polar surface area (TPSA) is 36.0 Å². The van der Waals surface area contributed by atoms with E-state index in [1.807, 2.05) is 24.5 Å². The molecule has 0 bridgehead atoms. The summed E-state index contributed by atoms with van der Waals surface area (Å²) in [6.07, 6.45) is 3.92. The smallest absolute Gasteiger partial charge is 0.119 e. The van der Waals surface area contributed by atoms with Crippen LogP contribution in [0.1, 0.15) is 30.9 Å². The Balaban J connectivity index is 2.46. The minimum atomic E-state index is 0.348. The average Bonchev–Trinajstić information content (AvgIpc) is 2.63. The van der Waals surface area contributed by atoms with Crippen LogP contribution in [-0.2, 0) is 0 Å². The Morgan fingerprint density at radius 3 is 2.44 bits per heavy atom. The maximum atomic E-state index is 9.94. The highest BCUT2D eigenvalue weighted by atomic mass is 16.3. The Labute approximate surface area is 96.0 Å². The number of aromatic nitrogens is 1. The first-order valence-corrected chi connectivity index (χ1v) is 5.56. The van der Waals surface area contributed by atoms with Crippen LogP contribution < -0.4 is 0 Å². The van der Waals surface area contributed by atoms with Crippen LogP contribution >= 0.6 is 0 Å². The van der Waals surface area contributed by atoms with E-state index in [1.54, 1.807) is 0 Å². The lowest BCUT2D eigenvalue weighted by Gasteiger charge is -2.10. The molecule has 1 aromatic heterocycles. The molecule has 84 valence electrons. The normalized spacial score (nSPS) is 11.0. The fourth-order valence-corrected chi connectivity index (χ4v) is 1.95.